The highest BCUT2D eigenvalue weighted by atomic mass is 16.6. The quantitative estimate of drug-likeness (QED) is 0.627. The molecule has 0 unspecified atom stereocenters. The van der Waals surface area contributed by atoms with E-state index in [0.29, 0.717) is 5.69 Å². The van der Waals surface area contributed by atoms with Gasteiger partial charge in [0, 0.05) is 24.4 Å². The molecule has 0 fully saturated rings. The summed E-state index contributed by atoms with van der Waals surface area (Å²) >= 11 is 0. The molecule has 1 N–H and O–H groups in total. The van der Waals surface area contributed by atoms with Crippen molar-refractivity contribution in [2.45, 2.75) is 0 Å². The van der Waals surface area contributed by atoms with Gasteiger partial charge < -0.3 is 5.11 Å². The van der Waals surface area contributed by atoms with Crippen molar-refractivity contribution in [2.75, 3.05) is 0 Å². The van der Waals surface area contributed by atoms with Crippen molar-refractivity contribution >= 4 is 5.69 Å². The lowest BCUT2D eigenvalue weighted by Gasteiger charge is -2.05. The standard InChI is InChI=1S/C11H8N2O4/c14-10-7-8(4-5-9(10)13(16)17)12-6-2-1-3-11(12)15/h1-7,14H. The van der Waals surface area contributed by atoms with Gasteiger partial charge in [0.1, 0.15) is 0 Å². The summed E-state index contributed by atoms with van der Waals surface area (Å²) in [4.78, 5) is 21.3. The van der Waals surface area contributed by atoms with Gasteiger partial charge in [-0.2, -0.15) is 0 Å². The van der Waals surface area contributed by atoms with E-state index in [9.17, 15) is 20.0 Å². The molecule has 0 saturated carbocycles. The molecule has 1 aromatic carbocycles. The molecule has 86 valence electrons. The van der Waals surface area contributed by atoms with E-state index in [0.717, 1.165) is 6.07 Å². The Kier molecular flexibility index (Phi) is 2.61. The number of rotatable bonds is 2. The molecule has 17 heavy (non-hydrogen) atoms. The van der Waals surface area contributed by atoms with Gasteiger partial charge in [0.2, 0.25) is 0 Å². The Balaban J connectivity index is 2.56. The number of hydrogen-bond donors (Lipinski definition) is 1. The second-order valence-electron chi connectivity index (χ2n) is 3.34. The summed E-state index contributed by atoms with van der Waals surface area (Å²) in [5.74, 6) is -0.469. The number of hydrogen-bond acceptors (Lipinski definition) is 4. The van der Waals surface area contributed by atoms with E-state index in [4.69, 9.17) is 0 Å². The number of phenolic OH excluding ortho intramolecular Hbond substituents is 1. The van der Waals surface area contributed by atoms with Gasteiger partial charge in [0.05, 0.1) is 10.6 Å². The molecule has 0 saturated heterocycles. The van der Waals surface area contributed by atoms with Crippen molar-refractivity contribution in [2.24, 2.45) is 0 Å². The van der Waals surface area contributed by atoms with Crippen LogP contribution in [0.25, 0.3) is 5.69 Å². The molecule has 0 aliphatic heterocycles. The van der Waals surface area contributed by atoms with Gasteiger partial charge >= 0.3 is 5.69 Å². The van der Waals surface area contributed by atoms with Crippen LogP contribution in [0.2, 0.25) is 0 Å². The fourth-order valence-electron chi connectivity index (χ4n) is 1.46. The van der Waals surface area contributed by atoms with Crippen molar-refractivity contribution in [3.8, 4) is 11.4 Å². The van der Waals surface area contributed by atoms with Crippen molar-refractivity contribution in [3.05, 3.63) is 63.1 Å². The van der Waals surface area contributed by atoms with Gasteiger partial charge in [-0.25, -0.2) is 0 Å². The molecule has 2 rings (SSSR count). The Morgan fingerprint density at radius 2 is 2.00 bits per heavy atom. The molecule has 0 amide bonds. The van der Waals surface area contributed by atoms with Crippen LogP contribution < -0.4 is 5.56 Å². The molecular formula is C11H8N2O4. The van der Waals surface area contributed by atoms with Gasteiger partial charge in [-0.05, 0) is 12.1 Å². The van der Waals surface area contributed by atoms with Crippen LogP contribution in [0.3, 0.4) is 0 Å². The normalized spacial score (nSPS) is 10.1. The fraction of sp³-hybridized carbons (Fsp3) is 0. The monoisotopic (exact) mass is 232 g/mol. The Labute approximate surface area is 95.5 Å². The number of benzene rings is 1. The van der Waals surface area contributed by atoms with Crippen LogP contribution in [0.15, 0.2) is 47.4 Å². The zero-order valence-corrected chi connectivity index (χ0v) is 8.61. The highest BCUT2D eigenvalue weighted by molar-refractivity contribution is 5.52. The third-order valence-electron chi connectivity index (χ3n) is 2.26. The first kappa shape index (κ1) is 10.9. The predicted molar refractivity (Wildman–Crippen MR) is 60.4 cm³/mol. The highest BCUT2D eigenvalue weighted by Crippen LogP contribution is 2.27. The average molecular weight is 232 g/mol. The van der Waals surface area contributed by atoms with E-state index >= 15 is 0 Å². The molecule has 1 heterocycles. The van der Waals surface area contributed by atoms with Crippen LogP contribution >= 0.6 is 0 Å². The number of nitrogens with zero attached hydrogens (tertiary/aromatic N) is 2. The first-order valence-corrected chi connectivity index (χ1v) is 4.75. The van der Waals surface area contributed by atoms with Crippen LogP contribution in [-0.2, 0) is 0 Å². The zero-order chi connectivity index (χ0) is 12.4. The molecule has 6 heteroatoms. The third kappa shape index (κ3) is 2.00. The molecule has 0 aliphatic rings. The second-order valence-corrected chi connectivity index (χ2v) is 3.34. The summed E-state index contributed by atoms with van der Waals surface area (Å²) < 4.78 is 1.28. The molecule has 6 nitrogen and oxygen atoms in total. The number of phenols is 1. The fourth-order valence-corrected chi connectivity index (χ4v) is 1.46. The van der Waals surface area contributed by atoms with Gasteiger partial charge in [-0.15, -0.1) is 0 Å². The maximum atomic E-state index is 11.5. The van der Waals surface area contributed by atoms with Gasteiger partial charge in [-0.1, -0.05) is 6.07 Å². The van der Waals surface area contributed by atoms with Crippen molar-refractivity contribution in [1.82, 2.24) is 4.57 Å². The first-order chi connectivity index (χ1) is 8.09. The minimum atomic E-state index is -0.688. The zero-order valence-electron chi connectivity index (χ0n) is 8.61. The molecule has 0 atom stereocenters. The molecular weight excluding hydrogens is 224 g/mol. The van der Waals surface area contributed by atoms with Crippen LogP contribution in [0.5, 0.6) is 5.75 Å². The Morgan fingerprint density at radius 1 is 1.24 bits per heavy atom. The smallest absolute Gasteiger partial charge is 0.310 e. The maximum Gasteiger partial charge on any atom is 0.310 e. The molecule has 0 aliphatic carbocycles. The minimum absolute atomic E-state index is 0.277. The summed E-state index contributed by atoms with van der Waals surface area (Å²) in [7, 11) is 0. The molecule has 0 bridgehead atoms. The minimum Gasteiger partial charge on any atom is -0.502 e. The third-order valence-corrected chi connectivity index (χ3v) is 2.26. The number of pyridine rings is 1. The van der Waals surface area contributed by atoms with Gasteiger partial charge in [-0.3, -0.25) is 19.5 Å². The van der Waals surface area contributed by atoms with E-state index < -0.39 is 16.4 Å². The Morgan fingerprint density at radius 3 is 2.59 bits per heavy atom. The van der Waals surface area contributed by atoms with Gasteiger partial charge in [0.15, 0.2) is 5.75 Å². The van der Waals surface area contributed by atoms with Gasteiger partial charge in [0.25, 0.3) is 5.56 Å². The molecule has 0 radical (unpaired) electrons. The van der Waals surface area contributed by atoms with E-state index in [1.807, 2.05) is 0 Å². The summed E-state index contributed by atoms with van der Waals surface area (Å²) in [6.07, 6.45) is 1.52. The van der Waals surface area contributed by atoms with Crippen LogP contribution in [0.4, 0.5) is 5.69 Å². The van der Waals surface area contributed by atoms with E-state index in [2.05, 4.69) is 0 Å². The van der Waals surface area contributed by atoms with Crippen molar-refractivity contribution in [1.29, 1.82) is 0 Å². The number of nitro benzene ring substituents is 1. The summed E-state index contributed by atoms with van der Waals surface area (Å²) in [6, 6.07) is 8.34. The SMILES string of the molecule is O=c1ccccn1-c1ccc([N+](=O)[O-])c(O)c1. The lowest BCUT2D eigenvalue weighted by molar-refractivity contribution is -0.385. The molecule has 0 spiro atoms. The van der Waals surface area contributed by atoms with Crippen LogP contribution in [-0.4, -0.2) is 14.6 Å². The number of aromatic hydroxyl groups is 1. The van der Waals surface area contributed by atoms with E-state index in [1.165, 1.54) is 29.0 Å². The first-order valence-electron chi connectivity index (χ1n) is 4.75. The highest BCUT2D eigenvalue weighted by Gasteiger charge is 2.13. The largest absolute Gasteiger partial charge is 0.502 e. The van der Waals surface area contributed by atoms with E-state index in [1.54, 1.807) is 12.1 Å². The topological polar surface area (TPSA) is 85.4 Å². The lowest BCUT2D eigenvalue weighted by atomic mass is 10.2. The predicted octanol–water partition coefficient (Wildman–Crippen LogP) is 1.45. The maximum absolute atomic E-state index is 11.5. The van der Waals surface area contributed by atoms with E-state index in [-0.39, 0.29) is 5.56 Å². The Bertz CT molecular complexity index is 633. The number of aromatic nitrogens is 1. The lowest BCUT2D eigenvalue weighted by Crippen LogP contribution is -2.15. The second kappa shape index (κ2) is 4.09. The molecule has 2 aromatic rings. The van der Waals surface area contributed by atoms with Crippen LogP contribution in [0, 0.1) is 10.1 Å². The summed E-state index contributed by atoms with van der Waals surface area (Å²) in [6.45, 7) is 0. The summed E-state index contributed by atoms with van der Waals surface area (Å²) in [5.41, 5.74) is -0.294. The number of nitro groups is 1. The molecule has 1 aromatic heterocycles. The van der Waals surface area contributed by atoms with Crippen molar-refractivity contribution < 1.29 is 10.0 Å². The average Bonchev–Trinajstić information content (AvgIpc) is 2.29. The Hall–Kier alpha value is -2.63. The summed E-state index contributed by atoms with van der Waals surface area (Å²) in [5, 5.41) is 20.0. The van der Waals surface area contributed by atoms with Crippen LogP contribution in [0.1, 0.15) is 0 Å². The van der Waals surface area contributed by atoms with Crippen molar-refractivity contribution in [3.63, 3.8) is 0 Å².